The molecule has 0 spiro atoms. The molecule has 1 aromatic carbocycles. The summed E-state index contributed by atoms with van der Waals surface area (Å²) in [5, 5.41) is 3.08. The van der Waals surface area contributed by atoms with Crippen LogP contribution in [0.25, 0.3) is 0 Å². The van der Waals surface area contributed by atoms with Gasteiger partial charge in [-0.15, -0.1) is 0 Å². The van der Waals surface area contributed by atoms with E-state index in [9.17, 15) is 9.59 Å². The van der Waals surface area contributed by atoms with Crippen LogP contribution in [-0.2, 0) is 15.0 Å². The highest BCUT2D eigenvalue weighted by Crippen LogP contribution is 2.50. The van der Waals surface area contributed by atoms with Crippen molar-refractivity contribution in [2.24, 2.45) is 5.92 Å². The Balaban J connectivity index is 1.55. The van der Waals surface area contributed by atoms with Crippen LogP contribution in [0.1, 0.15) is 63.9 Å². The average molecular weight is 435 g/mol. The number of hydrogen-bond donors (Lipinski definition) is 1. The van der Waals surface area contributed by atoms with Gasteiger partial charge in [0.05, 0.1) is 11.3 Å². The number of nitrogens with zero attached hydrogens (tertiary/aromatic N) is 1. The lowest BCUT2D eigenvalue weighted by Crippen LogP contribution is -2.48. The molecule has 2 fully saturated rings. The third-order valence-corrected chi connectivity index (χ3v) is 6.49. The van der Waals surface area contributed by atoms with Crippen LogP contribution in [0.5, 0.6) is 0 Å². The fourth-order valence-corrected chi connectivity index (χ4v) is 4.37. The Labute approximate surface area is 171 Å². The van der Waals surface area contributed by atoms with E-state index in [4.69, 9.17) is 0 Å². The van der Waals surface area contributed by atoms with Crippen molar-refractivity contribution in [2.75, 3.05) is 19.6 Å². The second kappa shape index (κ2) is 9.22. The lowest BCUT2D eigenvalue weighted by molar-refractivity contribution is -0.138. The molecule has 1 saturated carbocycles. The zero-order valence-corrected chi connectivity index (χ0v) is 17.9. The molecule has 1 aromatic rings. The summed E-state index contributed by atoms with van der Waals surface area (Å²) in [7, 11) is 0. The summed E-state index contributed by atoms with van der Waals surface area (Å²) in [6, 6.07) is 8.13. The minimum Gasteiger partial charge on any atom is -0.356 e. The van der Waals surface area contributed by atoms with E-state index in [-0.39, 0.29) is 23.1 Å². The van der Waals surface area contributed by atoms with Gasteiger partial charge in [-0.3, -0.25) is 9.59 Å². The fraction of sp³-hybridized carbons (Fsp3) is 0.636. The Morgan fingerprint density at radius 3 is 2.59 bits per heavy atom. The van der Waals surface area contributed by atoms with E-state index < -0.39 is 0 Å². The summed E-state index contributed by atoms with van der Waals surface area (Å²) in [5.74, 6) is 0.275. The molecule has 0 unspecified atom stereocenters. The zero-order chi connectivity index (χ0) is 19.3. The Hall–Kier alpha value is -1.36. The van der Waals surface area contributed by atoms with Gasteiger partial charge < -0.3 is 10.2 Å². The van der Waals surface area contributed by atoms with Crippen LogP contribution in [0.15, 0.2) is 28.7 Å². The van der Waals surface area contributed by atoms with Crippen LogP contribution in [0.4, 0.5) is 0 Å². The largest absolute Gasteiger partial charge is 0.356 e. The maximum absolute atomic E-state index is 13.3. The molecular weight excluding hydrogens is 404 g/mol. The molecule has 1 saturated heterocycles. The Morgan fingerprint density at radius 1 is 1.19 bits per heavy atom. The highest BCUT2D eigenvalue weighted by Gasteiger charge is 2.53. The van der Waals surface area contributed by atoms with Crippen molar-refractivity contribution in [1.29, 1.82) is 0 Å². The molecule has 2 aliphatic rings. The maximum atomic E-state index is 13.3. The van der Waals surface area contributed by atoms with Crippen molar-refractivity contribution in [3.63, 3.8) is 0 Å². The number of carbonyl (C=O) groups is 2. The summed E-state index contributed by atoms with van der Waals surface area (Å²) in [6.45, 7) is 4.29. The SMILES string of the molecule is CCCCCCNC(=O)[C@@H]1CCCN(C(=O)C2(c3ccc(Br)cc3)CC2)C1. The molecule has 1 N–H and O–H groups in total. The number of hydrogen-bond acceptors (Lipinski definition) is 2. The highest BCUT2D eigenvalue weighted by atomic mass is 79.9. The van der Waals surface area contributed by atoms with Gasteiger partial charge >= 0.3 is 0 Å². The van der Waals surface area contributed by atoms with Crippen molar-refractivity contribution < 1.29 is 9.59 Å². The molecule has 27 heavy (non-hydrogen) atoms. The van der Waals surface area contributed by atoms with E-state index in [0.29, 0.717) is 6.54 Å². The molecule has 2 amide bonds. The van der Waals surface area contributed by atoms with E-state index in [1.165, 1.54) is 19.3 Å². The minimum absolute atomic E-state index is 0.0606. The van der Waals surface area contributed by atoms with Crippen LogP contribution in [0, 0.1) is 5.92 Å². The van der Waals surface area contributed by atoms with Gasteiger partial charge in [-0.1, -0.05) is 54.2 Å². The molecule has 4 nitrogen and oxygen atoms in total. The first-order valence-electron chi connectivity index (χ1n) is 10.4. The Morgan fingerprint density at radius 2 is 1.93 bits per heavy atom. The van der Waals surface area contributed by atoms with E-state index in [2.05, 4.69) is 40.3 Å². The van der Waals surface area contributed by atoms with Gasteiger partial charge in [0.2, 0.25) is 11.8 Å². The number of nitrogens with one attached hydrogen (secondary N) is 1. The molecule has 0 bridgehead atoms. The van der Waals surface area contributed by atoms with Crippen molar-refractivity contribution in [2.45, 2.75) is 63.7 Å². The maximum Gasteiger partial charge on any atom is 0.233 e. The van der Waals surface area contributed by atoms with E-state index in [1.807, 2.05) is 17.0 Å². The summed E-state index contributed by atoms with van der Waals surface area (Å²) in [4.78, 5) is 27.7. The monoisotopic (exact) mass is 434 g/mol. The second-order valence-corrected chi connectivity index (χ2v) is 8.95. The lowest BCUT2D eigenvalue weighted by Gasteiger charge is -2.34. The number of likely N-dealkylation sites (tertiary alicyclic amines) is 1. The quantitative estimate of drug-likeness (QED) is 0.615. The summed E-state index contributed by atoms with van der Waals surface area (Å²) in [6.07, 6.45) is 8.26. The lowest BCUT2D eigenvalue weighted by atomic mass is 9.91. The third-order valence-electron chi connectivity index (χ3n) is 5.97. The molecule has 148 valence electrons. The third kappa shape index (κ3) is 4.92. The number of unbranched alkanes of at least 4 members (excludes halogenated alkanes) is 3. The van der Waals surface area contributed by atoms with Crippen LogP contribution < -0.4 is 5.32 Å². The molecular formula is C22H31BrN2O2. The topological polar surface area (TPSA) is 49.4 Å². The molecule has 5 heteroatoms. The molecule has 0 aromatic heterocycles. The molecule has 3 rings (SSSR count). The van der Waals surface area contributed by atoms with Gasteiger partial charge in [-0.2, -0.15) is 0 Å². The van der Waals surface area contributed by atoms with Gasteiger partial charge in [0.25, 0.3) is 0 Å². The van der Waals surface area contributed by atoms with Crippen LogP contribution >= 0.6 is 15.9 Å². The summed E-state index contributed by atoms with van der Waals surface area (Å²) in [5.41, 5.74) is 0.761. The first kappa shape index (κ1) is 20.4. The molecule has 1 atom stereocenters. The van der Waals surface area contributed by atoms with Gasteiger partial charge in [-0.05, 0) is 49.8 Å². The first-order chi connectivity index (χ1) is 13.1. The highest BCUT2D eigenvalue weighted by molar-refractivity contribution is 9.10. The summed E-state index contributed by atoms with van der Waals surface area (Å²) >= 11 is 3.46. The van der Waals surface area contributed by atoms with Gasteiger partial charge in [0.15, 0.2) is 0 Å². The fourth-order valence-electron chi connectivity index (χ4n) is 4.11. The number of carbonyl (C=O) groups excluding carboxylic acids is 2. The predicted molar refractivity (Wildman–Crippen MR) is 112 cm³/mol. The van der Waals surface area contributed by atoms with Gasteiger partial charge in [-0.25, -0.2) is 0 Å². The van der Waals surface area contributed by atoms with Crippen LogP contribution in [0.2, 0.25) is 0 Å². The second-order valence-electron chi connectivity index (χ2n) is 8.03. The molecule has 0 radical (unpaired) electrons. The van der Waals surface area contributed by atoms with Crippen molar-refractivity contribution >= 4 is 27.7 Å². The Kier molecular flexibility index (Phi) is 6.96. The smallest absolute Gasteiger partial charge is 0.233 e. The van der Waals surface area contributed by atoms with E-state index >= 15 is 0 Å². The Bertz CT molecular complexity index is 655. The minimum atomic E-state index is -0.348. The molecule has 1 aliphatic heterocycles. The van der Waals surface area contributed by atoms with Crippen molar-refractivity contribution in [3.05, 3.63) is 34.3 Å². The van der Waals surface area contributed by atoms with Crippen molar-refractivity contribution in [3.8, 4) is 0 Å². The zero-order valence-electron chi connectivity index (χ0n) is 16.3. The first-order valence-corrected chi connectivity index (χ1v) is 11.2. The molecule has 1 aliphatic carbocycles. The molecule has 1 heterocycles. The number of benzene rings is 1. The van der Waals surface area contributed by atoms with Crippen LogP contribution in [0.3, 0.4) is 0 Å². The number of rotatable bonds is 8. The van der Waals surface area contributed by atoms with Crippen molar-refractivity contribution in [1.82, 2.24) is 10.2 Å². The number of piperidine rings is 1. The van der Waals surface area contributed by atoms with Gasteiger partial charge in [0.1, 0.15) is 0 Å². The summed E-state index contributed by atoms with van der Waals surface area (Å²) < 4.78 is 1.03. The van der Waals surface area contributed by atoms with E-state index in [1.54, 1.807) is 0 Å². The number of halogens is 1. The standard InChI is InChI=1S/C22H31BrN2O2/c1-2-3-4-5-14-24-20(26)17-7-6-15-25(16-17)21(27)22(12-13-22)18-8-10-19(23)11-9-18/h8-11,17H,2-7,12-16H2,1H3,(H,24,26)/t17-/m1/s1. The van der Waals surface area contributed by atoms with Crippen LogP contribution in [-0.4, -0.2) is 36.3 Å². The van der Waals surface area contributed by atoms with Gasteiger partial charge in [0, 0.05) is 24.1 Å². The predicted octanol–water partition coefficient (Wildman–Crippen LogP) is 4.42. The normalized spacial score (nSPS) is 21.0. The average Bonchev–Trinajstić information content (AvgIpc) is 3.49. The van der Waals surface area contributed by atoms with E-state index in [0.717, 1.165) is 55.2 Å². The number of amides is 2.